The van der Waals surface area contributed by atoms with E-state index in [-0.39, 0.29) is 12.0 Å². The maximum absolute atomic E-state index is 12.3. The zero-order chi connectivity index (χ0) is 18.0. The fourth-order valence-corrected chi connectivity index (χ4v) is 3.88. The van der Waals surface area contributed by atoms with E-state index in [1.54, 1.807) is 0 Å². The van der Waals surface area contributed by atoms with Crippen molar-refractivity contribution in [2.75, 3.05) is 13.7 Å². The van der Waals surface area contributed by atoms with Crippen LogP contribution in [-0.2, 0) is 15.1 Å². The van der Waals surface area contributed by atoms with Crippen molar-refractivity contribution in [1.82, 2.24) is 4.90 Å². The van der Waals surface area contributed by atoms with E-state index in [1.165, 1.54) is 7.11 Å². The molecule has 1 aliphatic heterocycles. The molecule has 1 heterocycles. The number of nitrogens with zero attached hydrogens (tertiary/aromatic N) is 1. The third kappa shape index (κ3) is 2.61. The van der Waals surface area contributed by atoms with Crippen LogP contribution in [0.2, 0.25) is 0 Å². The summed E-state index contributed by atoms with van der Waals surface area (Å²) < 4.78 is 5.03. The summed E-state index contributed by atoms with van der Waals surface area (Å²) >= 11 is 0. The minimum atomic E-state index is -0.525. The molecule has 0 aliphatic carbocycles. The topological polar surface area (TPSA) is 29.3 Å². The number of methoxy groups -OCH3 is 1. The first-order valence-electron chi connectivity index (χ1n) is 8.79. The third-order valence-electron chi connectivity index (χ3n) is 5.09. The van der Waals surface area contributed by atoms with Gasteiger partial charge in [-0.3, -0.25) is 9.69 Å². The van der Waals surface area contributed by atoms with Gasteiger partial charge < -0.3 is 4.74 Å². The highest BCUT2D eigenvalue weighted by Crippen LogP contribution is 2.48. The Balaban J connectivity index is 1.97. The summed E-state index contributed by atoms with van der Waals surface area (Å²) in [6.07, 6.45) is 0. The highest BCUT2D eigenvalue weighted by Gasteiger charge is 2.56. The minimum absolute atomic E-state index is 0.183. The average Bonchev–Trinajstić information content (AvgIpc) is 3.52. The second kappa shape index (κ2) is 6.77. The molecule has 0 spiro atoms. The van der Waals surface area contributed by atoms with Gasteiger partial charge in [0.2, 0.25) is 0 Å². The van der Waals surface area contributed by atoms with Crippen LogP contribution in [0.3, 0.4) is 0 Å². The number of benzene rings is 3. The Labute approximate surface area is 153 Å². The van der Waals surface area contributed by atoms with Gasteiger partial charge in [-0.25, -0.2) is 0 Å². The lowest BCUT2D eigenvalue weighted by molar-refractivity contribution is -0.141. The molecule has 1 aliphatic rings. The van der Waals surface area contributed by atoms with Crippen LogP contribution >= 0.6 is 0 Å². The van der Waals surface area contributed by atoms with Crippen LogP contribution in [0.5, 0.6) is 0 Å². The van der Waals surface area contributed by atoms with E-state index >= 15 is 0 Å². The van der Waals surface area contributed by atoms with E-state index in [1.807, 2.05) is 54.6 Å². The smallest absolute Gasteiger partial charge is 0.324 e. The molecule has 0 radical (unpaired) electrons. The molecule has 130 valence electrons. The number of esters is 1. The predicted octanol–water partition coefficient (Wildman–Crippen LogP) is 3.84. The SMILES string of the molecule is COC(=O)[C@@H]1CN1C(c1ccccc1)(c1ccccc1)c1ccccc1. The number of hydrogen-bond acceptors (Lipinski definition) is 3. The minimum Gasteiger partial charge on any atom is -0.468 e. The van der Waals surface area contributed by atoms with E-state index in [0.717, 1.165) is 16.7 Å². The molecule has 3 aromatic carbocycles. The van der Waals surface area contributed by atoms with Gasteiger partial charge in [-0.2, -0.15) is 0 Å². The summed E-state index contributed by atoms with van der Waals surface area (Å²) in [4.78, 5) is 14.5. The van der Waals surface area contributed by atoms with E-state index in [0.29, 0.717) is 6.54 Å². The molecule has 3 heteroatoms. The number of hydrogen-bond donors (Lipinski definition) is 0. The Bertz CT molecular complexity index is 781. The highest BCUT2D eigenvalue weighted by molar-refractivity contribution is 5.80. The first-order valence-corrected chi connectivity index (χ1v) is 8.79. The molecule has 2 atom stereocenters. The van der Waals surface area contributed by atoms with Crippen molar-refractivity contribution in [2.45, 2.75) is 11.6 Å². The van der Waals surface area contributed by atoms with Crippen LogP contribution in [0.15, 0.2) is 91.0 Å². The molecule has 0 N–H and O–H groups in total. The largest absolute Gasteiger partial charge is 0.468 e. The lowest BCUT2D eigenvalue weighted by Gasteiger charge is -2.38. The fourth-order valence-electron chi connectivity index (χ4n) is 3.88. The zero-order valence-electron chi connectivity index (χ0n) is 14.7. The fraction of sp³-hybridized carbons (Fsp3) is 0.174. The van der Waals surface area contributed by atoms with Gasteiger partial charge in [0, 0.05) is 6.54 Å². The summed E-state index contributed by atoms with van der Waals surface area (Å²) in [5.74, 6) is -0.183. The lowest BCUT2D eigenvalue weighted by atomic mass is 9.76. The van der Waals surface area contributed by atoms with Gasteiger partial charge >= 0.3 is 5.97 Å². The van der Waals surface area contributed by atoms with Crippen LogP contribution in [0, 0.1) is 0 Å². The predicted molar refractivity (Wildman–Crippen MR) is 102 cm³/mol. The monoisotopic (exact) mass is 343 g/mol. The second-order valence-corrected chi connectivity index (χ2v) is 6.50. The molecule has 1 unspecified atom stereocenters. The summed E-state index contributed by atoms with van der Waals surface area (Å²) in [5, 5.41) is 0. The molecular formula is C23H21NO2. The van der Waals surface area contributed by atoms with Crippen molar-refractivity contribution in [3.63, 3.8) is 0 Å². The summed E-state index contributed by atoms with van der Waals surface area (Å²) in [5.41, 5.74) is 2.90. The molecular weight excluding hydrogens is 322 g/mol. The van der Waals surface area contributed by atoms with E-state index < -0.39 is 5.54 Å². The molecule has 3 aromatic rings. The molecule has 0 amide bonds. The Hall–Kier alpha value is -2.91. The maximum atomic E-state index is 12.3. The molecule has 0 aromatic heterocycles. The quantitative estimate of drug-likeness (QED) is 0.400. The normalized spacial score (nSPS) is 19.0. The number of ether oxygens (including phenoxy) is 1. The summed E-state index contributed by atoms with van der Waals surface area (Å²) in [7, 11) is 1.45. The number of carbonyl (C=O) groups is 1. The number of rotatable bonds is 5. The van der Waals surface area contributed by atoms with Crippen LogP contribution in [0.25, 0.3) is 0 Å². The van der Waals surface area contributed by atoms with Gasteiger partial charge in [0.05, 0.1) is 12.6 Å². The van der Waals surface area contributed by atoms with Crippen LogP contribution in [0.4, 0.5) is 0 Å². The molecule has 1 fully saturated rings. The van der Waals surface area contributed by atoms with E-state index in [2.05, 4.69) is 41.3 Å². The first-order chi connectivity index (χ1) is 12.8. The van der Waals surface area contributed by atoms with Crippen molar-refractivity contribution in [1.29, 1.82) is 0 Å². The highest BCUT2D eigenvalue weighted by atomic mass is 16.5. The first kappa shape index (κ1) is 16.6. The van der Waals surface area contributed by atoms with Gasteiger partial charge in [-0.15, -0.1) is 0 Å². The molecule has 4 rings (SSSR count). The van der Waals surface area contributed by atoms with Gasteiger partial charge in [-0.05, 0) is 16.7 Å². The number of carbonyl (C=O) groups excluding carboxylic acids is 1. The molecule has 26 heavy (non-hydrogen) atoms. The van der Waals surface area contributed by atoms with E-state index in [4.69, 9.17) is 4.74 Å². The Kier molecular flexibility index (Phi) is 4.31. The molecule has 3 nitrogen and oxygen atoms in total. The Morgan fingerprint density at radius 1 is 0.808 bits per heavy atom. The molecule has 1 saturated heterocycles. The Morgan fingerprint density at radius 3 is 1.54 bits per heavy atom. The van der Waals surface area contributed by atoms with Gasteiger partial charge in [0.15, 0.2) is 0 Å². The van der Waals surface area contributed by atoms with Crippen molar-refractivity contribution < 1.29 is 9.53 Å². The summed E-state index contributed by atoms with van der Waals surface area (Å²) in [6, 6.07) is 30.9. The van der Waals surface area contributed by atoms with Crippen molar-refractivity contribution in [3.05, 3.63) is 108 Å². The standard InChI is InChI=1S/C23H21NO2/c1-26-22(25)21-17-24(21)23(18-11-5-2-6-12-18,19-13-7-3-8-14-19)20-15-9-4-10-16-20/h2-16,21H,17H2,1H3/t21-,24?/m0/s1. The average molecular weight is 343 g/mol. The molecule has 0 saturated carbocycles. The third-order valence-corrected chi connectivity index (χ3v) is 5.09. The van der Waals surface area contributed by atoms with Crippen LogP contribution < -0.4 is 0 Å². The lowest BCUT2D eigenvalue weighted by Crippen LogP contribution is -2.40. The van der Waals surface area contributed by atoms with Gasteiger partial charge in [-0.1, -0.05) is 91.0 Å². The van der Waals surface area contributed by atoms with Crippen molar-refractivity contribution >= 4 is 5.97 Å². The van der Waals surface area contributed by atoms with Crippen molar-refractivity contribution in [3.8, 4) is 0 Å². The van der Waals surface area contributed by atoms with Gasteiger partial charge in [0.1, 0.15) is 6.04 Å². The summed E-state index contributed by atoms with van der Waals surface area (Å²) in [6.45, 7) is 0.672. The zero-order valence-corrected chi connectivity index (χ0v) is 14.7. The van der Waals surface area contributed by atoms with Crippen LogP contribution in [0.1, 0.15) is 16.7 Å². The molecule has 0 bridgehead atoms. The second-order valence-electron chi connectivity index (χ2n) is 6.50. The Morgan fingerprint density at radius 2 is 1.19 bits per heavy atom. The van der Waals surface area contributed by atoms with Crippen LogP contribution in [-0.4, -0.2) is 30.6 Å². The maximum Gasteiger partial charge on any atom is 0.324 e. The van der Waals surface area contributed by atoms with Crippen molar-refractivity contribution in [2.24, 2.45) is 0 Å². The van der Waals surface area contributed by atoms with E-state index in [9.17, 15) is 4.79 Å². The van der Waals surface area contributed by atoms with Gasteiger partial charge in [0.25, 0.3) is 0 Å².